The molecule has 182 valence electrons. The number of carbonyl (C=O) groups excluding carboxylic acids is 2. The topological polar surface area (TPSA) is 100 Å². The molecule has 2 amide bonds. The molecule has 5 rings (SSSR count). The van der Waals surface area contributed by atoms with E-state index in [0.29, 0.717) is 28.8 Å². The first kappa shape index (κ1) is 23.3. The summed E-state index contributed by atoms with van der Waals surface area (Å²) in [5.74, 6) is 1.01. The molecule has 2 N–H and O–H groups in total. The van der Waals surface area contributed by atoms with Crippen molar-refractivity contribution in [2.75, 3.05) is 19.4 Å². The number of fused-ring (bicyclic) bond motifs is 2. The van der Waals surface area contributed by atoms with Gasteiger partial charge in [-0.1, -0.05) is 50.2 Å². The third-order valence-electron chi connectivity index (χ3n) is 6.51. The quantitative estimate of drug-likeness (QED) is 0.414. The van der Waals surface area contributed by atoms with Crippen LogP contribution in [0.2, 0.25) is 0 Å². The van der Waals surface area contributed by atoms with Gasteiger partial charge in [-0.25, -0.2) is 9.97 Å². The number of aromatic nitrogens is 3. The van der Waals surface area contributed by atoms with E-state index in [4.69, 9.17) is 9.72 Å². The molecule has 1 unspecified atom stereocenters. The molecular weight excluding hydrogens is 454 g/mol. The van der Waals surface area contributed by atoms with Gasteiger partial charge in [0.05, 0.1) is 11.1 Å². The second-order valence-electron chi connectivity index (χ2n) is 9.55. The van der Waals surface area contributed by atoms with E-state index in [1.54, 1.807) is 43.5 Å². The average Bonchev–Trinajstić information content (AvgIpc) is 3.39. The first-order valence-electron chi connectivity index (χ1n) is 11.7. The Hall–Kier alpha value is -4.46. The molecule has 0 aliphatic carbocycles. The zero-order valence-electron chi connectivity index (χ0n) is 20.6. The maximum Gasteiger partial charge on any atom is 0.253 e. The minimum absolute atomic E-state index is 0.0576. The monoisotopic (exact) mass is 481 g/mol. The summed E-state index contributed by atoms with van der Waals surface area (Å²) in [7, 11) is 3.45. The van der Waals surface area contributed by atoms with E-state index < -0.39 is 5.41 Å². The molecule has 0 radical (unpaired) electrons. The van der Waals surface area contributed by atoms with Crippen LogP contribution in [0.4, 0.5) is 5.95 Å². The zero-order valence-corrected chi connectivity index (χ0v) is 20.6. The third kappa shape index (κ3) is 4.11. The molecule has 3 heterocycles. The molecule has 0 fully saturated rings. The number of anilines is 1. The van der Waals surface area contributed by atoms with Crippen LogP contribution in [0.15, 0.2) is 73.1 Å². The van der Waals surface area contributed by atoms with Crippen molar-refractivity contribution in [3.63, 3.8) is 0 Å². The van der Waals surface area contributed by atoms with Gasteiger partial charge in [-0.05, 0) is 24.3 Å². The fourth-order valence-electron chi connectivity index (χ4n) is 4.55. The van der Waals surface area contributed by atoms with Crippen LogP contribution in [0.5, 0.6) is 11.6 Å². The lowest BCUT2D eigenvalue weighted by Crippen LogP contribution is -2.38. The van der Waals surface area contributed by atoms with Gasteiger partial charge in [0, 0.05) is 54.7 Å². The van der Waals surface area contributed by atoms with Gasteiger partial charge in [-0.3, -0.25) is 14.9 Å². The summed E-state index contributed by atoms with van der Waals surface area (Å²) in [5.41, 5.74) is 3.09. The lowest BCUT2D eigenvalue weighted by Gasteiger charge is -2.37. The number of H-pyrrole nitrogens is 1. The Morgan fingerprint density at radius 1 is 1.00 bits per heavy atom. The number of benzene rings is 2. The summed E-state index contributed by atoms with van der Waals surface area (Å²) >= 11 is 0. The molecule has 36 heavy (non-hydrogen) atoms. The van der Waals surface area contributed by atoms with E-state index in [9.17, 15) is 9.59 Å². The maximum absolute atomic E-state index is 13.4. The Morgan fingerprint density at radius 2 is 1.75 bits per heavy atom. The van der Waals surface area contributed by atoms with Crippen LogP contribution in [0, 0.1) is 5.41 Å². The first-order valence-corrected chi connectivity index (χ1v) is 11.7. The van der Waals surface area contributed by atoms with Crippen molar-refractivity contribution in [3.05, 3.63) is 89.7 Å². The largest absolute Gasteiger partial charge is 0.438 e. The fourth-order valence-corrected chi connectivity index (χ4v) is 4.55. The van der Waals surface area contributed by atoms with Crippen molar-refractivity contribution < 1.29 is 14.3 Å². The summed E-state index contributed by atoms with van der Waals surface area (Å²) in [6.45, 7) is 3.83. The number of aromatic amines is 1. The van der Waals surface area contributed by atoms with Crippen molar-refractivity contribution in [2.45, 2.75) is 19.8 Å². The highest BCUT2D eigenvalue weighted by molar-refractivity contribution is 5.95. The Balaban J connectivity index is 1.53. The van der Waals surface area contributed by atoms with Gasteiger partial charge in [-0.2, -0.15) is 0 Å². The van der Waals surface area contributed by atoms with E-state index in [1.807, 2.05) is 62.4 Å². The minimum Gasteiger partial charge on any atom is -0.438 e. The predicted octanol–water partition coefficient (Wildman–Crippen LogP) is 5.08. The van der Waals surface area contributed by atoms with Crippen LogP contribution < -0.4 is 10.1 Å². The minimum atomic E-state index is -0.848. The normalized spacial score (nSPS) is 14.3. The molecule has 0 bridgehead atoms. The molecule has 2 aromatic carbocycles. The first-order chi connectivity index (χ1) is 17.3. The number of nitrogens with zero attached hydrogens (tertiary/aromatic N) is 3. The standard InChI is InChI=1S/C28H27N5O3/c1-28(2,26(35)32-27-29-15-16-30-27)23-19-7-5-6-8-22(19)36-24-20(23)13-14-21(31-24)17-9-11-18(12-10-17)25(34)33(3)4/h5-16,23H,1-4H3,(H2,29,30,32,35). The smallest absolute Gasteiger partial charge is 0.253 e. The van der Waals surface area contributed by atoms with Crippen LogP contribution >= 0.6 is 0 Å². The average molecular weight is 482 g/mol. The van der Waals surface area contributed by atoms with Crippen molar-refractivity contribution in [1.82, 2.24) is 19.9 Å². The van der Waals surface area contributed by atoms with E-state index >= 15 is 0 Å². The predicted molar refractivity (Wildman–Crippen MR) is 137 cm³/mol. The van der Waals surface area contributed by atoms with Crippen LogP contribution in [-0.4, -0.2) is 45.8 Å². The summed E-state index contributed by atoms with van der Waals surface area (Å²) in [6.07, 6.45) is 3.26. The molecule has 1 atom stereocenters. The number of hydrogen-bond donors (Lipinski definition) is 2. The molecule has 0 spiro atoms. The molecule has 4 aromatic rings. The summed E-state index contributed by atoms with van der Waals surface area (Å²) in [5, 5.41) is 2.88. The number of ether oxygens (including phenoxy) is 1. The fraction of sp³-hybridized carbons (Fsp3) is 0.214. The van der Waals surface area contributed by atoms with Crippen molar-refractivity contribution in [3.8, 4) is 22.9 Å². The highest BCUT2D eigenvalue weighted by atomic mass is 16.5. The number of imidazole rings is 1. The van der Waals surface area contributed by atoms with Crippen molar-refractivity contribution >= 4 is 17.8 Å². The lowest BCUT2D eigenvalue weighted by atomic mass is 9.69. The van der Waals surface area contributed by atoms with Gasteiger partial charge >= 0.3 is 0 Å². The zero-order chi connectivity index (χ0) is 25.4. The molecule has 1 aliphatic rings. The lowest BCUT2D eigenvalue weighted by molar-refractivity contribution is -0.124. The van der Waals surface area contributed by atoms with E-state index in [-0.39, 0.29) is 17.7 Å². The van der Waals surface area contributed by atoms with E-state index in [1.165, 1.54) is 0 Å². The molecular formula is C28H27N5O3. The number of carbonyl (C=O) groups is 2. The number of pyridine rings is 1. The van der Waals surface area contributed by atoms with Crippen LogP contribution in [0.3, 0.4) is 0 Å². The van der Waals surface area contributed by atoms with Gasteiger partial charge in [0.15, 0.2) is 0 Å². The summed E-state index contributed by atoms with van der Waals surface area (Å²) in [4.78, 5) is 39.1. The van der Waals surface area contributed by atoms with E-state index in [0.717, 1.165) is 16.7 Å². The van der Waals surface area contributed by atoms with Gasteiger partial charge in [0.25, 0.3) is 5.91 Å². The van der Waals surface area contributed by atoms with Gasteiger partial charge < -0.3 is 14.6 Å². The van der Waals surface area contributed by atoms with Crippen LogP contribution in [0.1, 0.15) is 41.3 Å². The molecule has 8 heteroatoms. The van der Waals surface area contributed by atoms with Gasteiger partial charge in [-0.15, -0.1) is 0 Å². The Morgan fingerprint density at radius 3 is 2.44 bits per heavy atom. The number of hydrogen-bond acceptors (Lipinski definition) is 5. The Kier molecular flexibility index (Phi) is 5.80. The number of nitrogens with one attached hydrogen (secondary N) is 2. The van der Waals surface area contributed by atoms with Crippen LogP contribution in [0.25, 0.3) is 11.3 Å². The second kappa shape index (κ2) is 8.96. The second-order valence-corrected chi connectivity index (χ2v) is 9.55. The third-order valence-corrected chi connectivity index (χ3v) is 6.51. The Bertz CT molecular complexity index is 1430. The SMILES string of the molecule is CN(C)C(=O)c1ccc(-c2ccc3c(n2)Oc2ccccc2C3C(C)(C)C(=O)Nc2ncc[nH]2)cc1. The molecule has 8 nitrogen and oxygen atoms in total. The maximum atomic E-state index is 13.4. The number of rotatable bonds is 5. The van der Waals surface area contributed by atoms with E-state index in [2.05, 4.69) is 15.3 Å². The highest BCUT2D eigenvalue weighted by Gasteiger charge is 2.44. The summed E-state index contributed by atoms with van der Waals surface area (Å²) < 4.78 is 6.22. The van der Waals surface area contributed by atoms with Crippen LogP contribution in [-0.2, 0) is 4.79 Å². The van der Waals surface area contributed by atoms with Crippen molar-refractivity contribution in [1.29, 1.82) is 0 Å². The number of amides is 2. The molecule has 0 saturated heterocycles. The summed E-state index contributed by atoms with van der Waals surface area (Å²) in [6, 6.07) is 19.0. The molecule has 1 aliphatic heterocycles. The number of para-hydroxylation sites is 1. The molecule has 2 aromatic heterocycles. The highest BCUT2D eigenvalue weighted by Crippen LogP contribution is 2.51. The van der Waals surface area contributed by atoms with Crippen molar-refractivity contribution in [2.24, 2.45) is 5.41 Å². The molecule has 0 saturated carbocycles. The Labute approximate surface area is 209 Å². The van der Waals surface area contributed by atoms with Gasteiger partial charge in [0.1, 0.15) is 5.75 Å². The van der Waals surface area contributed by atoms with Gasteiger partial charge in [0.2, 0.25) is 17.7 Å².